The number of carbonyl (C=O) groups excluding carboxylic acids is 1. The van der Waals surface area contributed by atoms with Crippen LogP contribution in [0.25, 0.3) is 10.9 Å². The Balaban J connectivity index is 1.31. The molecule has 1 aromatic heterocycles. The maximum absolute atomic E-state index is 13.1. The van der Waals surface area contributed by atoms with E-state index in [0.29, 0.717) is 18.4 Å². The quantitative estimate of drug-likeness (QED) is 0.664. The molecule has 0 unspecified atom stereocenters. The minimum absolute atomic E-state index is 0.0999. The number of amides is 1. The van der Waals surface area contributed by atoms with Gasteiger partial charge in [0.1, 0.15) is 0 Å². The first-order valence-corrected chi connectivity index (χ1v) is 12.4. The van der Waals surface area contributed by atoms with Crippen LogP contribution >= 0.6 is 0 Å². The Kier molecular flexibility index (Phi) is 7.87. The van der Waals surface area contributed by atoms with Crippen molar-refractivity contribution in [1.82, 2.24) is 25.0 Å². The van der Waals surface area contributed by atoms with Crippen LogP contribution < -0.4 is 5.32 Å². The number of piperidine rings is 1. The predicted molar refractivity (Wildman–Crippen MR) is 132 cm³/mol. The lowest BCUT2D eigenvalue weighted by molar-refractivity contribution is -0.127. The van der Waals surface area contributed by atoms with Gasteiger partial charge in [-0.25, -0.2) is 0 Å². The van der Waals surface area contributed by atoms with Crippen molar-refractivity contribution < 1.29 is 4.79 Å². The van der Waals surface area contributed by atoms with E-state index < -0.39 is 0 Å². The smallest absolute Gasteiger partial charge is 0.224 e. The van der Waals surface area contributed by atoms with E-state index >= 15 is 0 Å². The summed E-state index contributed by atoms with van der Waals surface area (Å²) < 4.78 is 0. The van der Waals surface area contributed by atoms with Crippen molar-refractivity contribution in [1.29, 1.82) is 0 Å². The summed E-state index contributed by atoms with van der Waals surface area (Å²) in [7, 11) is 2.21. The molecular weight excluding hydrogens is 398 g/mol. The first-order valence-electron chi connectivity index (χ1n) is 12.4. The summed E-state index contributed by atoms with van der Waals surface area (Å²) in [6, 6.07) is 8.37. The summed E-state index contributed by atoms with van der Waals surface area (Å²) in [6.07, 6.45) is 3.96. The van der Waals surface area contributed by atoms with Gasteiger partial charge in [-0.15, -0.1) is 0 Å². The van der Waals surface area contributed by atoms with Crippen LogP contribution in [-0.4, -0.2) is 91.5 Å². The molecule has 6 heteroatoms. The number of hydrogen-bond acceptors (Lipinski definition) is 4. The molecule has 6 nitrogen and oxygen atoms in total. The maximum atomic E-state index is 13.1. The molecule has 0 aliphatic carbocycles. The Morgan fingerprint density at radius 1 is 1.12 bits per heavy atom. The zero-order chi connectivity index (χ0) is 22.5. The standard InChI is InChI=1S/C26H41N5O/c1-20(2)16-31-18-21(17-30-12-10-29(3)11-13-30)14-23(19-31)26(32)27-9-8-22-15-28-25-7-5-4-6-24(22)25/h4-7,15,20-21,23,28H,8-14,16-19H2,1-3H3,(H,27,32)/t21-,23-/m1/s1. The summed E-state index contributed by atoms with van der Waals surface area (Å²) in [5.41, 5.74) is 2.44. The lowest BCUT2D eigenvalue weighted by Gasteiger charge is -2.41. The van der Waals surface area contributed by atoms with Crippen molar-refractivity contribution in [2.24, 2.45) is 17.8 Å². The number of H-pyrrole nitrogens is 1. The Labute approximate surface area is 193 Å². The molecule has 2 saturated heterocycles. The number of para-hydroxylation sites is 1. The minimum atomic E-state index is 0.0999. The van der Waals surface area contributed by atoms with Crippen molar-refractivity contribution in [3.8, 4) is 0 Å². The number of aromatic amines is 1. The number of likely N-dealkylation sites (tertiary alicyclic amines) is 1. The molecule has 2 fully saturated rings. The van der Waals surface area contributed by atoms with Gasteiger partial charge < -0.3 is 25.0 Å². The molecule has 3 heterocycles. The second-order valence-electron chi connectivity index (χ2n) is 10.4. The zero-order valence-electron chi connectivity index (χ0n) is 20.1. The van der Waals surface area contributed by atoms with Crippen LogP contribution in [0.15, 0.2) is 30.5 Å². The average Bonchev–Trinajstić information content (AvgIpc) is 3.18. The number of hydrogen-bond donors (Lipinski definition) is 2. The van der Waals surface area contributed by atoms with Gasteiger partial charge in [-0.1, -0.05) is 32.0 Å². The number of rotatable bonds is 8. The number of benzene rings is 1. The maximum Gasteiger partial charge on any atom is 0.224 e. The molecule has 0 spiro atoms. The van der Waals surface area contributed by atoms with Gasteiger partial charge in [0, 0.05) is 76.0 Å². The number of fused-ring (bicyclic) bond motifs is 1. The molecular formula is C26H41N5O. The van der Waals surface area contributed by atoms with Gasteiger partial charge in [-0.2, -0.15) is 0 Å². The molecule has 1 amide bonds. The van der Waals surface area contributed by atoms with Crippen molar-refractivity contribution >= 4 is 16.8 Å². The third-order valence-electron chi connectivity index (χ3n) is 7.09. The van der Waals surface area contributed by atoms with Crippen molar-refractivity contribution in [2.75, 3.05) is 66.0 Å². The lowest BCUT2D eigenvalue weighted by atomic mass is 9.87. The summed E-state index contributed by atoms with van der Waals surface area (Å²) >= 11 is 0. The van der Waals surface area contributed by atoms with Gasteiger partial charge in [0.2, 0.25) is 5.91 Å². The molecule has 2 N–H and O–H groups in total. The summed E-state index contributed by atoms with van der Waals surface area (Å²) in [5.74, 6) is 1.54. The molecule has 32 heavy (non-hydrogen) atoms. The third kappa shape index (κ3) is 6.12. The molecule has 176 valence electrons. The largest absolute Gasteiger partial charge is 0.361 e. The van der Waals surface area contributed by atoms with Gasteiger partial charge in [-0.05, 0) is 43.4 Å². The van der Waals surface area contributed by atoms with Gasteiger partial charge in [0.05, 0.1) is 5.92 Å². The summed E-state index contributed by atoms with van der Waals surface area (Å²) in [6.45, 7) is 14.1. The van der Waals surface area contributed by atoms with Crippen molar-refractivity contribution in [2.45, 2.75) is 26.7 Å². The Bertz CT molecular complexity index is 870. The van der Waals surface area contributed by atoms with Gasteiger partial charge >= 0.3 is 0 Å². The number of carbonyl (C=O) groups is 1. The molecule has 2 atom stereocenters. The number of aromatic nitrogens is 1. The summed E-state index contributed by atoms with van der Waals surface area (Å²) in [5, 5.41) is 4.52. The number of likely N-dealkylation sites (N-methyl/N-ethyl adjacent to an activating group) is 1. The molecule has 2 aromatic rings. The topological polar surface area (TPSA) is 54.6 Å². The van der Waals surface area contributed by atoms with Crippen LogP contribution in [0.2, 0.25) is 0 Å². The van der Waals surface area contributed by atoms with E-state index in [9.17, 15) is 4.79 Å². The molecule has 0 bridgehead atoms. The van der Waals surface area contributed by atoms with Gasteiger partial charge in [0.15, 0.2) is 0 Å². The average molecular weight is 440 g/mol. The van der Waals surface area contributed by atoms with E-state index in [2.05, 4.69) is 76.4 Å². The van der Waals surface area contributed by atoms with Crippen LogP contribution in [0.1, 0.15) is 25.8 Å². The normalized spacial score (nSPS) is 23.8. The second-order valence-corrected chi connectivity index (χ2v) is 10.4. The first-order chi connectivity index (χ1) is 15.5. The van der Waals surface area contributed by atoms with Crippen molar-refractivity contribution in [3.05, 3.63) is 36.0 Å². The molecule has 0 saturated carbocycles. The third-order valence-corrected chi connectivity index (χ3v) is 7.09. The lowest BCUT2D eigenvalue weighted by Crippen LogP contribution is -2.52. The molecule has 4 rings (SSSR count). The van der Waals surface area contributed by atoms with Crippen LogP contribution in [0.4, 0.5) is 0 Å². The second kappa shape index (κ2) is 10.8. The molecule has 2 aliphatic rings. The highest BCUT2D eigenvalue weighted by atomic mass is 16.1. The highest BCUT2D eigenvalue weighted by Gasteiger charge is 2.33. The monoisotopic (exact) mass is 439 g/mol. The summed E-state index contributed by atoms with van der Waals surface area (Å²) in [4.78, 5) is 24.0. The van der Waals surface area contributed by atoms with Gasteiger partial charge in [0.25, 0.3) is 0 Å². The highest BCUT2D eigenvalue weighted by molar-refractivity contribution is 5.83. The minimum Gasteiger partial charge on any atom is -0.361 e. The van der Waals surface area contributed by atoms with Gasteiger partial charge in [-0.3, -0.25) is 4.79 Å². The van der Waals surface area contributed by atoms with Crippen LogP contribution in [0.3, 0.4) is 0 Å². The zero-order valence-corrected chi connectivity index (χ0v) is 20.1. The number of piperazine rings is 1. The molecule has 1 aromatic carbocycles. The van der Waals surface area contributed by atoms with E-state index in [-0.39, 0.29) is 11.8 Å². The van der Waals surface area contributed by atoms with E-state index in [1.165, 1.54) is 10.9 Å². The Morgan fingerprint density at radius 2 is 1.91 bits per heavy atom. The van der Waals surface area contributed by atoms with Crippen LogP contribution in [-0.2, 0) is 11.2 Å². The van der Waals surface area contributed by atoms with E-state index in [1.54, 1.807) is 0 Å². The first kappa shape index (κ1) is 23.3. The highest BCUT2D eigenvalue weighted by Crippen LogP contribution is 2.25. The Hall–Kier alpha value is -1.89. The van der Waals surface area contributed by atoms with E-state index in [4.69, 9.17) is 0 Å². The fourth-order valence-corrected chi connectivity index (χ4v) is 5.49. The number of nitrogens with zero attached hydrogens (tertiary/aromatic N) is 3. The molecule has 2 aliphatic heterocycles. The Morgan fingerprint density at radius 3 is 2.69 bits per heavy atom. The SMILES string of the molecule is CC(C)CN1C[C@@H](CN2CCN(C)CC2)C[C@@H](C(=O)NCCc2c[nH]c3ccccc23)C1. The van der Waals surface area contributed by atoms with Crippen molar-refractivity contribution in [3.63, 3.8) is 0 Å². The van der Waals surface area contributed by atoms with E-state index in [0.717, 1.165) is 70.7 Å². The number of nitrogens with one attached hydrogen (secondary N) is 2. The van der Waals surface area contributed by atoms with Crippen LogP contribution in [0.5, 0.6) is 0 Å². The predicted octanol–water partition coefficient (Wildman–Crippen LogP) is 2.67. The molecule has 0 radical (unpaired) electrons. The fraction of sp³-hybridized carbons (Fsp3) is 0.654. The van der Waals surface area contributed by atoms with Crippen LogP contribution in [0, 0.1) is 17.8 Å². The van der Waals surface area contributed by atoms with E-state index in [1.807, 2.05) is 0 Å². The fourth-order valence-electron chi connectivity index (χ4n) is 5.49.